The normalized spacial score (nSPS) is 17.7. The quantitative estimate of drug-likeness (QED) is 0.771. The molecular weight excluding hydrogens is 186 g/mol. The molecule has 0 amide bonds. The lowest BCUT2D eigenvalue weighted by Gasteiger charge is -2.12. The fourth-order valence-electron chi connectivity index (χ4n) is 1.66. The summed E-state index contributed by atoms with van der Waals surface area (Å²) in [4.78, 5) is 0. The predicted octanol–water partition coefficient (Wildman–Crippen LogP) is 2.03. The van der Waals surface area contributed by atoms with E-state index in [-0.39, 0.29) is 6.10 Å². The molecule has 0 aliphatic heterocycles. The van der Waals surface area contributed by atoms with Gasteiger partial charge in [0, 0.05) is 12.6 Å². The minimum Gasteiger partial charge on any atom is -0.387 e. The maximum absolute atomic E-state index is 9.90. The van der Waals surface area contributed by atoms with Crippen LogP contribution in [0.1, 0.15) is 37.0 Å². The van der Waals surface area contributed by atoms with Gasteiger partial charge < -0.3 is 10.4 Å². The molecule has 2 nitrogen and oxygen atoms in total. The van der Waals surface area contributed by atoms with Crippen molar-refractivity contribution in [3.63, 3.8) is 0 Å². The molecule has 1 aromatic carbocycles. The smallest absolute Gasteiger partial charge is 0.0914 e. The standard InChI is InChI=1S/C13H19NO/c1-2-10-3-5-11(6-4-10)13(15)9-14-12-7-8-12/h3-6,12-15H,2,7-9H2,1H3. The fraction of sp³-hybridized carbons (Fsp3) is 0.538. The predicted molar refractivity (Wildman–Crippen MR) is 61.8 cm³/mol. The number of aryl methyl sites for hydroxylation is 1. The summed E-state index contributed by atoms with van der Waals surface area (Å²) < 4.78 is 0. The second kappa shape index (κ2) is 4.77. The van der Waals surface area contributed by atoms with Gasteiger partial charge in [-0.05, 0) is 30.4 Å². The zero-order chi connectivity index (χ0) is 10.7. The molecule has 15 heavy (non-hydrogen) atoms. The molecule has 2 rings (SSSR count). The van der Waals surface area contributed by atoms with Gasteiger partial charge in [-0.25, -0.2) is 0 Å². The Morgan fingerprint density at radius 2 is 2.00 bits per heavy atom. The van der Waals surface area contributed by atoms with Crippen molar-refractivity contribution in [2.45, 2.75) is 38.3 Å². The summed E-state index contributed by atoms with van der Waals surface area (Å²) >= 11 is 0. The maximum atomic E-state index is 9.90. The van der Waals surface area contributed by atoms with Crippen molar-refractivity contribution in [3.05, 3.63) is 35.4 Å². The van der Waals surface area contributed by atoms with E-state index in [4.69, 9.17) is 0 Å². The highest BCUT2D eigenvalue weighted by Gasteiger charge is 2.21. The first-order valence-electron chi connectivity index (χ1n) is 5.80. The summed E-state index contributed by atoms with van der Waals surface area (Å²) in [6.45, 7) is 2.82. The Morgan fingerprint density at radius 1 is 1.33 bits per heavy atom. The van der Waals surface area contributed by atoms with Crippen molar-refractivity contribution in [1.29, 1.82) is 0 Å². The van der Waals surface area contributed by atoms with Gasteiger partial charge >= 0.3 is 0 Å². The molecule has 1 atom stereocenters. The van der Waals surface area contributed by atoms with Crippen LogP contribution in [0.4, 0.5) is 0 Å². The first-order valence-corrected chi connectivity index (χ1v) is 5.80. The van der Waals surface area contributed by atoms with E-state index in [0.29, 0.717) is 12.6 Å². The number of nitrogens with one attached hydrogen (secondary N) is 1. The van der Waals surface area contributed by atoms with Crippen LogP contribution in [0.15, 0.2) is 24.3 Å². The molecular formula is C13H19NO. The topological polar surface area (TPSA) is 32.3 Å². The van der Waals surface area contributed by atoms with E-state index in [0.717, 1.165) is 12.0 Å². The van der Waals surface area contributed by atoms with E-state index in [9.17, 15) is 5.11 Å². The molecule has 1 aromatic rings. The van der Waals surface area contributed by atoms with Crippen molar-refractivity contribution in [3.8, 4) is 0 Å². The molecule has 1 aliphatic rings. The Hall–Kier alpha value is -0.860. The zero-order valence-corrected chi connectivity index (χ0v) is 9.24. The molecule has 0 saturated heterocycles. The highest BCUT2D eigenvalue weighted by molar-refractivity contribution is 5.24. The minimum absolute atomic E-state index is 0.364. The SMILES string of the molecule is CCc1ccc(C(O)CNC2CC2)cc1. The molecule has 1 aliphatic carbocycles. The van der Waals surface area contributed by atoms with E-state index in [1.165, 1.54) is 18.4 Å². The number of rotatable bonds is 5. The molecule has 82 valence electrons. The van der Waals surface area contributed by atoms with Crippen LogP contribution in [0.25, 0.3) is 0 Å². The molecule has 2 heteroatoms. The van der Waals surface area contributed by atoms with Crippen LogP contribution in [-0.4, -0.2) is 17.7 Å². The highest BCUT2D eigenvalue weighted by atomic mass is 16.3. The van der Waals surface area contributed by atoms with E-state index < -0.39 is 0 Å². The zero-order valence-electron chi connectivity index (χ0n) is 9.24. The summed E-state index contributed by atoms with van der Waals surface area (Å²) in [7, 11) is 0. The van der Waals surface area contributed by atoms with E-state index in [1.54, 1.807) is 0 Å². The average Bonchev–Trinajstić information content (AvgIpc) is 3.10. The average molecular weight is 205 g/mol. The third-order valence-corrected chi connectivity index (χ3v) is 2.95. The van der Waals surface area contributed by atoms with Crippen LogP contribution in [0, 0.1) is 0 Å². The minimum atomic E-state index is -0.364. The number of hydrogen-bond donors (Lipinski definition) is 2. The van der Waals surface area contributed by atoms with Gasteiger partial charge in [-0.1, -0.05) is 31.2 Å². The Labute approximate surface area is 91.3 Å². The van der Waals surface area contributed by atoms with Gasteiger partial charge in [-0.3, -0.25) is 0 Å². The van der Waals surface area contributed by atoms with Crippen molar-refractivity contribution in [2.75, 3.05) is 6.54 Å². The van der Waals surface area contributed by atoms with Gasteiger partial charge in [0.15, 0.2) is 0 Å². The Morgan fingerprint density at radius 3 is 2.53 bits per heavy atom. The second-order valence-electron chi connectivity index (χ2n) is 4.29. The highest BCUT2D eigenvalue weighted by Crippen LogP contribution is 2.20. The Bertz CT molecular complexity index is 303. The van der Waals surface area contributed by atoms with Crippen molar-refractivity contribution in [1.82, 2.24) is 5.32 Å². The van der Waals surface area contributed by atoms with Gasteiger partial charge in [0.1, 0.15) is 0 Å². The van der Waals surface area contributed by atoms with Crippen molar-refractivity contribution in [2.24, 2.45) is 0 Å². The van der Waals surface area contributed by atoms with Crippen LogP contribution >= 0.6 is 0 Å². The number of benzene rings is 1. The molecule has 1 fully saturated rings. The number of hydrogen-bond acceptors (Lipinski definition) is 2. The lowest BCUT2D eigenvalue weighted by atomic mass is 10.1. The lowest BCUT2D eigenvalue weighted by Crippen LogP contribution is -2.23. The van der Waals surface area contributed by atoms with Crippen LogP contribution in [0.2, 0.25) is 0 Å². The van der Waals surface area contributed by atoms with E-state index in [1.807, 2.05) is 12.1 Å². The molecule has 1 saturated carbocycles. The maximum Gasteiger partial charge on any atom is 0.0914 e. The van der Waals surface area contributed by atoms with Crippen molar-refractivity contribution >= 4 is 0 Å². The largest absolute Gasteiger partial charge is 0.387 e. The monoisotopic (exact) mass is 205 g/mol. The Balaban J connectivity index is 1.88. The summed E-state index contributed by atoms with van der Waals surface area (Å²) in [6, 6.07) is 8.90. The molecule has 0 bridgehead atoms. The lowest BCUT2D eigenvalue weighted by molar-refractivity contribution is 0.174. The van der Waals surface area contributed by atoms with E-state index in [2.05, 4.69) is 24.4 Å². The Kier molecular flexibility index (Phi) is 3.39. The van der Waals surface area contributed by atoms with Crippen LogP contribution in [0.5, 0.6) is 0 Å². The van der Waals surface area contributed by atoms with Crippen LogP contribution < -0.4 is 5.32 Å². The van der Waals surface area contributed by atoms with Crippen molar-refractivity contribution < 1.29 is 5.11 Å². The third kappa shape index (κ3) is 3.05. The number of aliphatic hydroxyl groups excluding tert-OH is 1. The molecule has 0 aromatic heterocycles. The third-order valence-electron chi connectivity index (χ3n) is 2.95. The van der Waals surface area contributed by atoms with Gasteiger partial charge in [0.2, 0.25) is 0 Å². The van der Waals surface area contributed by atoms with E-state index >= 15 is 0 Å². The summed E-state index contributed by atoms with van der Waals surface area (Å²) in [5, 5.41) is 13.2. The first-order chi connectivity index (χ1) is 7.29. The van der Waals surface area contributed by atoms with Crippen LogP contribution in [0.3, 0.4) is 0 Å². The summed E-state index contributed by atoms with van der Waals surface area (Å²) in [5.74, 6) is 0. The fourth-order valence-corrected chi connectivity index (χ4v) is 1.66. The molecule has 0 heterocycles. The molecule has 2 N–H and O–H groups in total. The summed E-state index contributed by atoms with van der Waals surface area (Å²) in [6.07, 6.45) is 3.22. The molecule has 0 radical (unpaired) electrons. The summed E-state index contributed by atoms with van der Waals surface area (Å²) in [5.41, 5.74) is 2.33. The molecule has 1 unspecified atom stereocenters. The van der Waals surface area contributed by atoms with Gasteiger partial charge in [-0.15, -0.1) is 0 Å². The van der Waals surface area contributed by atoms with Gasteiger partial charge in [0.25, 0.3) is 0 Å². The number of aliphatic hydroxyl groups is 1. The van der Waals surface area contributed by atoms with Crippen LogP contribution in [-0.2, 0) is 6.42 Å². The second-order valence-corrected chi connectivity index (χ2v) is 4.29. The van der Waals surface area contributed by atoms with Gasteiger partial charge in [0.05, 0.1) is 6.10 Å². The van der Waals surface area contributed by atoms with Gasteiger partial charge in [-0.2, -0.15) is 0 Å². The molecule has 0 spiro atoms. The first kappa shape index (κ1) is 10.7.